The molecule has 0 aliphatic carbocycles. The van der Waals surface area contributed by atoms with Gasteiger partial charge in [-0.2, -0.15) is 0 Å². The van der Waals surface area contributed by atoms with E-state index in [4.69, 9.17) is 9.72 Å². The Morgan fingerprint density at radius 2 is 2.05 bits per heavy atom. The Labute approximate surface area is 136 Å². The SMILES string of the molecule is C[C@H]1CCC(c2ccc3sc(C4CCOCC4)nc3c2)NC1. The molecule has 2 atom stereocenters. The number of fused-ring (bicyclic) bond motifs is 1. The molecule has 0 spiro atoms. The van der Waals surface area contributed by atoms with E-state index in [9.17, 15) is 0 Å². The first-order chi connectivity index (χ1) is 10.8. The van der Waals surface area contributed by atoms with E-state index in [1.165, 1.54) is 33.6 Å². The predicted molar refractivity (Wildman–Crippen MR) is 91.6 cm³/mol. The second-order valence-corrected chi connectivity index (χ2v) is 7.87. The maximum atomic E-state index is 5.47. The zero-order valence-electron chi connectivity index (χ0n) is 13.2. The highest BCUT2D eigenvalue weighted by atomic mass is 32.1. The van der Waals surface area contributed by atoms with Gasteiger partial charge in [-0.1, -0.05) is 13.0 Å². The van der Waals surface area contributed by atoms with Crippen molar-refractivity contribution in [3.8, 4) is 0 Å². The van der Waals surface area contributed by atoms with Crippen LogP contribution < -0.4 is 5.32 Å². The van der Waals surface area contributed by atoms with Crippen molar-refractivity contribution in [2.75, 3.05) is 19.8 Å². The normalized spacial score (nSPS) is 27.3. The molecule has 1 aromatic carbocycles. The lowest BCUT2D eigenvalue weighted by Crippen LogP contribution is -2.31. The Hall–Kier alpha value is -0.970. The minimum absolute atomic E-state index is 0.508. The maximum absolute atomic E-state index is 5.47. The van der Waals surface area contributed by atoms with Gasteiger partial charge >= 0.3 is 0 Å². The second kappa shape index (κ2) is 6.26. The van der Waals surface area contributed by atoms with Gasteiger partial charge in [0.15, 0.2) is 0 Å². The molecule has 3 nitrogen and oxygen atoms in total. The Kier molecular flexibility index (Phi) is 4.16. The smallest absolute Gasteiger partial charge is 0.0971 e. The molecule has 0 radical (unpaired) electrons. The zero-order valence-corrected chi connectivity index (χ0v) is 14.0. The summed E-state index contributed by atoms with van der Waals surface area (Å²) in [6.45, 7) is 5.23. The summed E-state index contributed by atoms with van der Waals surface area (Å²) >= 11 is 1.87. The molecule has 2 aromatic rings. The van der Waals surface area contributed by atoms with Crippen molar-refractivity contribution in [1.82, 2.24) is 10.3 Å². The van der Waals surface area contributed by atoms with Crippen molar-refractivity contribution in [2.45, 2.75) is 44.6 Å². The van der Waals surface area contributed by atoms with Crippen LogP contribution in [0, 0.1) is 5.92 Å². The van der Waals surface area contributed by atoms with E-state index in [-0.39, 0.29) is 0 Å². The van der Waals surface area contributed by atoms with Crippen LogP contribution in [0.25, 0.3) is 10.2 Å². The van der Waals surface area contributed by atoms with Gasteiger partial charge in [0.25, 0.3) is 0 Å². The summed E-state index contributed by atoms with van der Waals surface area (Å²) in [5.41, 5.74) is 2.59. The highest BCUT2D eigenvalue weighted by Crippen LogP contribution is 2.35. The molecular formula is C18H24N2OS. The number of aromatic nitrogens is 1. The van der Waals surface area contributed by atoms with Gasteiger partial charge in [0.2, 0.25) is 0 Å². The first-order valence-electron chi connectivity index (χ1n) is 8.51. The van der Waals surface area contributed by atoms with Crippen LogP contribution in [0.1, 0.15) is 55.1 Å². The molecule has 2 aliphatic rings. The van der Waals surface area contributed by atoms with Gasteiger partial charge in [-0.05, 0) is 55.8 Å². The molecule has 3 heterocycles. The number of thiazole rings is 1. The average Bonchev–Trinajstić information content (AvgIpc) is 2.99. The number of piperidine rings is 1. The molecule has 4 rings (SSSR count). The molecular weight excluding hydrogens is 292 g/mol. The van der Waals surface area contributed by atoms with Crippen LogP contribution in [0.3, 0.4) is 0 Å². The van der Waals surface area contributed by atoms with Crippen LogP contribution in [0.4, 0.5) is 0 Å². The summed E-state index contributed by atoms with van der Waals surface area (Å²) in [4.78, 5) is 4.94. The van der Waals surface area contributed by atoms with Crippen molar-refractivity contribution >= 4 is 21.6 Å². The van der Waals surface area contributed by atoms with Crippen LogP contribution in [0.2, 0.25) is 0 Å². The van der Waals surface area contributed by atoms with Gasteiger partial charge in [-0.3, -0.25) is 0 Å². The minimum Gasteiger partial charge on any atom is -0.381 e. The number of hydrogen-bond donors (Lipinski definition) is 1. The zero-order chi connectivity index (χ0) is 14.9. The van der Waals surface area contributed by atoms with Crippen LogP contribution in [0.15, 0.2) is 18.2 Å². The quantitative estimate of drug-likeness (QED) is 0.899. The number of benzene rings is 1. The maximum Gasteiger partial charge on any atom is 0.0971 e. The van der Waals surface area contributed by atoms with Crippen LogP contribution >= 0.6 is 11.3 Å². The molecule has 1 N–H and O–H groups in total. The first-order valence-corrected chi connectivity index (χ1v) is 9.33. The lowest BCUT2D eigenvalue weighted by Gasteiger charge is -2.28. The Bertz CT molecular complexity index is 640. The van der Waals surface area contributed by atoms with E-state index < -0.39 is 0 Å². The van der Waals surface area contributed by atoms with E-state index in [2.05, 4.69) is 30.4 Å². The minimum atomic E-state index is 0.508. The van der Waals surface area contributed by atoms with Crippen LogP contribution in [-0.2, 0) is 4.74 Å². The van der Waals surface area contributed by atoms with Crippen molar-refractivity contribution in [3.05, 3.63) is 28.8 Å². The lowest BCUT2D eigenvalue weighted by atomic mass is 9.92. The van der Waals surface area contributed by atoms with Crippen molar-refractivity contribution in [3.63, 3.8) is 0 Å². The summed E-state index contributed by atoms with van der Waals surface area (Å²) in [6.07, 6.45) is 4.80. The molecule has 2 aliphatic heterocycles. The first kappa shape index (κ1) is 14.6. The van der Waals surface area contributed by atoms with Gasteiger partial charge in [-0.25, -0.2) is 4.98 Å². The third-order valence-corrected chi connectivity index (χ3v) is 6.26. The standard InChI is InChI=1S/C18H24N2OS/c1-12-2-4-15(19-11-12)14-3-5-17-16(10-14)20-18(22-17)13-6-8-21-9-7-13/h3,5,10,12-13,15,19H,2,4,6-9,11H2,1H3/t12-,15?/m0/s1. The van der Waals surface area contributed by atoms with Gasteiger partial charge in [-0.15, -0.1) is 11.3 Å². The lowest BCUT2D eigenvalue weighted by molar-refractivity contribution is 0.0853. The summed E-state index contributed by atoms with van der Waals surface area (Å²) < 4.78 is 6.80. The summed E-state index contributed by atoms with van der Waals surface area (Å²) in [5, 5.41) is 4.99. The number of hydrogen-bond acceptors (Lipinski definition) is 4. The molecule has 0 amide bonds. The third-order valence-electron chi connectivity index (χ3n) is 5.06. The van der Waals surface area contributed by atoms with Gasteiger partial charge in [0, 0.05) is 25.2 Å². The highest BCUT2D eigenvalue weighted by Gasteiger charge is 2.22. The highest BCUT2D eigenvalue weighted by molar-refractivity contribution is 7.18. The van der Waals surface area contributed by atoms with Gasteiger partial charge < -0.3 is 10.1 Å². The Morgan fingerprint density at radius 1 is 1.18 bits per heavy atom. The number of rotatable bonds is 2. The molecule has 1 unspecified atom stereocenters. The molecule has 2 saturated heterocycles. The fourth-order valence-corrected chi connectivity index (χ4v) is 4.70. The fourth-order valence-electron chi connectivity index (χ4n) is 3.58. The molecule has 118 valence electrons. The number of nitrogens with zero attached hydrogens (tertiary/aromatic N) is 1. The van der Waals surface area contributed by atoms with Gasteiger partial charge in [0.05, 0.1) is 15.2 Å². The fraction of sp³-hybridized carbons (Fsp3) is 0.611. The third kappa shape index (κ3) is 2.92. The molecule has 22 heavy (non-hydrogen) atoms. The van der Waals surface area contributed by atoms with E-state index >= 15 is 0 Å². The molecule has 4 heteroatoms. The Balaban J connectivity index is 1.58. The Morgan fingerprint density at radius 3 is 2.82 bits per heavy atom. The van der Waals surface area contributed by atoms with E-state index in [0.717, 1.165) is 38.5 Å². The summed E-state index contributed by atoms with van der Waals surface area (Å²) in [6, 6.07) is 7.38. The largest absolute Gasteiger partial charge is 0.381 e. The van der Waals surface area contributed by atoms with E-state index in [1.807, 2.05) is 11.3 Å². The molecule has 0 saturated carbocycles. The van der Waals surface area contributed by atoms with Crippen molar-refractivity contribution in [2.24, 2.45) is 5.92 Å². The molecule has 0 bridgehead atoms. The molecule has 2 fully saturated rings. The number of ether oxygens (including phenoxy) is 1. The average molecular weight is 316 g/mol. The summed E-state index contributed by atoms with van der Waals surface area (Å²) in [5.74, 6) is 1.41. The monoisotopic (exact) mass is 316 g/mol. The van der Waals surface area contributed by atoms with Crippen LogP contribution in [-0.4, -0.2) is 24.7 Å². The van der Waals surface area contributed by atoms with Crippen LogP contribution in [0.5, 0.6) is 0 Å². The van der Waals surface area contributed by atoms with Crippen molar-refractivity contribution in [1.29, 1.82) is 0 Å². The molecule has 1 aromatic heterocycles. The second-order valence-electron chi connectivity index (χ2n) is 6.81. The number of nitrogens with one attached hydrogen (secondary N) is 1. The van der Waals surface area contributed by atoms with Gasteiger partial charge in [0.1, 0.15) is 0 Å². The summed E-state index contributed by atoms with van der Waals surface area (Å²) in [7, 11) is 0. The van der Waals surface area contributed by atoms with Crippen molar-refractivity contribution < 1.29 is 4.74 Å². The predicted octanol–water partition coefficient (Wildman–Crippen LogP) is 4.25. The topological polar surface area (TPSA) is 34.1 Å². The van der Waals surface area contributed by atoms with E-state index in [1.54, 1.807) is 0 Å². The van der Waals surface area contributed by atoms with E-state index in [0.29, 0.717) is 12.0 Å².